The average molecular weight is 210 g/mol. The minimum atomic E-state index is 1.30. The predicted octanol–water partition coefficient (Wildman–Crippen LogP) is 4.68. The number of hydrogen-bond acceptors (Lipinski definition) is 0. The number of hydrogen-bond donors (Lipinski definition) is 0. The zero-order chi connectivity index (χ0) is 11.7. The smallest absolute Gasteiger partial charge is 0.0149 e. The third kappa shape index (κ3) is 1.88. The van der Waals surface area contributed by atoms with E-state index in [1.54, 1.807) is 0 Å². The van der Waals surface area contributed by atoms with Crippen LogP contribution in [0.25, 0.3) is 11.6 Å². The van der Waals surface area contributed by atoms with E-state index in [2.05, 4.69) is 64.1 Å². The molecule has 1 aliphatic carbocycles. The Kier molecular flexibility index (Phi) is 2.82. The Labute approximate surface area is 98.0 Å². The molecule has 1 aliphatic rings. The molecule has 0 saturated carbocycles. The molecule has 0 N–H and O–H groups in total. The maximum Gasteiger partial charge on any atom is -0.0149 e. The van der Waals surface area contributed by atoms with E-state index in [1.165, 1.54) is 33.4 Å². The molecule has 0 heteroatoms. The van der Waals surface area contributed by atoms with Crippen molar-refractivity contribution >= 4 is 11.6 Å². The molecule has 1 aromatic carbocycles. The van der Waals surface area contributed by atoms with E-state index in [4.69, 9.17) is 0 Å². The topological polar surface area (TPSA) is 0 Å². The first-order chi connectivity index (χ1) is 7.59. The van der Waals surface area contributed by atoms with Crippen LogP contribution < -0.4 is 0 Å². The van der Waals surface area contributed by atoms with Gasteiger partial charge in [-0.25, -0.2) is 0 Å². The van der Waals surface area contributed by atoms with Crippen molar-refractivity contribution in [2.45, 2.75) is 27.7 Å². The fourth-order valence-corrected chi connectivity index (χ4v) is 2.16. The van der Waals surface area contributed by atoms with E-state index in [1.807, 2.05) is 0 Å². The van der Waals surface area contributed by atoms with Crippen LogP contribution in [0.1, 0.15) is 36.1 Å². The van der Waals surface area contributed by atoms with Gasteiger partial charge < -0.3 is 0 Å². The molecule has 0 atom stereocenters. The molecule has 0 fully saturated rings. The van der Waals surface area contributed by atoms with E-state index < -0.39 is 0 Å². The first kappa shape index (κ1) is 10.9. The van der Waals surface area contributed by atoms with Crippen LogP contribution in [0.5, 0.6) is 0 Å². The molecule has 0 heterocycles. The molecule has 2 rings (SSSR count). The van der Waals surface area contributed by atoms with Gasteiger partial charge in [0.1, 0.15) is 0 Å². The Balaban J connectivity index is 2.70. The monoisotopic (exact) mass is 210 g/mol. The summed E-state index contributed by atoms with van der Waals surface area (Å²) in [6, 6.07) is 4.44. The summed E-state index contributed by atoms with van der Waals surface area (Å²) >= 11 is 0. The molecule has 1 aromatic rings. The highest BCUT2D eigenvalue weighted by Gasteiger charge is 2.07. The maximum atomic E-state index is 2.25. The van der Waals surface area contributed by atoms with Gasteiger partial charge >= 0.3 is 0 Å². The number of rotatable bonds is 0. The average Bonchev–Trinajstić information content (AvgIpc) is 2.22. The highest BCUT2D eigenvalue weighted by Crippen LogP contribution is 2.27. The molecule has 0 amide bonds. The molecule has 0 spiro atoms. The lowest BCUT2D eigenvalue weighted by Gasteiger charge is -2.14. The van der Waals surface area contributed by atoms with E-state index in [0.717, 1.165) is 0 Å². The van der Waals surface area contributed by atoms with Crippen LogP contribution in [0.2, 0.25) is 0 Å². The summed E-state index contributed by atoms with van der Waals surface area (Å²) in [4.78, 5) is 0. The van der Waals surface area contributed by atoms with E-state index in [9.17, 15) is 0 Å². The second-order valence-corrected chi connectivity index (χ2v) is 4.57. The lowest BCUT2D eigenvalue weighted by molar-refractivity contribution is 1.30. The first-order valence-electron chi connectivity index (χ1n) is 5.73. The fraction of sp³-hybridized carbons (Fsp3) is 0.250. The fourth-order valence-electron chi connectivity index (χ4n) is 2.16. The van der Waals surface area contributed by atoms with Crippen LogP contribution in [-0.4, -0.2) is 0 Å². The molecule has 16 heavy (non-hydrogen) atoms. The van der Waals surface area contributed by atoms with Crippen molar-refractivity contribution in [3.63, 3.8) is 0 Å². The van der Waals surface area contributed by atoms with Gasteiger partial charge in [-0.05, 0) is 55.5 Å². The Morgan fingerprint density at radius 2 is 1.69 bits per heavy atom. The maximum absolute atomic E-state index is 2.25. The quantitative estimate of drug-likeness (QED) is 0.583. The van der Waals surface area contributed by atoms with E-state index in [0.29, 0.717) is 0 Å². The molecule has 82 valence electrons. The van der Waals surface area contributed by atoms with Crippen molar-refractivity contribution in [1.29, 1.82) is 0 Å². The summed E-state index contributed by atoms with van der Waals surface area (Å²) in [5, 5.41) is 0. The number of allylic oxidation sites excluding steroid dienone is 5. The van der Waals surface area contributed by atoms with Crippen LogP contribution in [0.4, 0.5) is 0 Å². The van der Waals surface area contributed by atoms with Gasteiger partial charge in [0, 0.05) is 0 Å². The van der Waals surface area contributed by atoms with Crippen molar-refractivity contribution in [3.05, 3.63) is 58.2 Å². The summed E-state index contributed by atoms with van der Waals surface area (Å²) < 4.78 is 0. The van der Waals surface area contributed by atoms with Crippen LogP contribution in [-0.2, 0) is 0 Å². The lowest BCUT2D eigenvalue weighted by atomic mass is 9.91. The van der Waals surface area contributed by atoms with Gasteiger partial charge in [-0.15, -0.1) is 0 Å². The summed E-state index contributed by atoms with van der Waals surface area (Å²) in [6.45, 7) is 8.69. The molecule has 0 aliphatic heterocycles. The summed E-state index contributed by atoms with van der Waals surface area (Å²) in [5.74, 6) is 0. The van der Waals surface area contributed by atoms with Crippen molar-refractivity contribution < 1.29 is 0 Å². The second-order valence-electron chi connectivity index (χ2n) is 4.57. The largest absolute Gasteiger partial charge is 0.0614 e. The van der Waals surface area contributed by atoms with Crippen molar-refractivity contribution in [1.82, 2.24) is 0 Å². The van der Waals surface area contributed by atoms with Gasteiger partial charge in [0.25, 0.3) is 0 Å². The number of benzene rings is 1. The third-order valence-corrected chi connectivity index (χ3v) is 3.28. The Morgan fingerprint density at radius 3 is 2.44 bits per heavy atom. The zero-order valence-corrected chi connectivity index (χ0v) is 10.5. The van der Waals surface area contributed by atoms with Gasteiger partial charge in [-0.1, -0.05) is 42.0 Å². The van der Waals surface area contributed by atoms with Crippen LogP contribution in [0, 0.1) is 13.8 Å². The Hall–Kier alpha value is -1.56. The van der Waals surface area contributed by atoms with Gasteiger partial charge in [0.15, 0.2) is 0 Å². The Morgan fingerprint density at radius 1 is 0.938 bits per heavy atom. The van der Waals surface area contributed by atoms with Crippen LogP contribution in [0.3, 0.4) is 0 Å². The highest BCUT2D eigenvalue weighted by atomic mass is 14.1. The molecular formula is C16H18. The Bertz CT molecular complexity index is 511. The first-order valence-corrected chi connectivity index (χ1v) is 5.73. The van der Waals surface area contributed by atoms with Crippen LogP contribution in [0.15, 0.2) is 35.9 Å². The molecule has 0 radical (unpaired) electrons. The zero-order valence-electron chi connectivity index (χ0n) is 10.5. The molecule has 0 nitrogen and oxygen atoms in total. The number of fused-ring (bicyclic) bond motifs is 1. The molecular weight excluding hydrogens is 192 g/mol. The van der Waals surface area contributed by atoms with E-state index >= 15 is 0 Å². The van der Waals surface area contributed by atoms with Crippen molar-refractivity contribution in [3.8, 4) is 0 Å². The van der Waals surface area contributed by atoms with Crippen LogP contribution >= 0.6 is 0 Å². The molecule has 0 bridgehead atoms. The number of aryl methyl sites for hydroxylation is 1. The summed E-state index contributed by atoms with van der Waals surface area (Å²) in [7, 11) is 0. The van der Waals surface area contributed by atoms with Gasteiger partial charge in [0.2, 0.25) is 0 Å². The minimum Gasteiger partial charge on any atom is -0.0614 e. The third-order valence-electron chi connectivity index (χ3n) is 3.28. The normalized spacial score (nSPS) is 16.8. The standard InChI is InChI=1S/C16H18/c1-11-6-5-7-16-14(4)12(2)8-9-15(16)13(3)10-11/h5-10H,1-4H3/b6-5?,7-5-,11-6?,11-10?,13-10?,15-13?,16-7?. The van der Waals surface area contributed by atoms with Crippen molar-refractivity contribution in [2.75, 3.05) is 0 Å². The van der Waals surface area contributed by atoms with Gasteiger partial charge in [0.05, 0.1) is 0 Å². The van der Waals surface area contributed by atoms with Crippen molar-refractivity contribution in [2.24, 2.45) is 0 Å². The molecule has 0 unspecified atom stereocenters. The lowest BCUT2D eigenvalue weighted by Crippen LogP contribution is -1.94. The van der Waals surface area contributed by atoms with Gasteiger partial charge in [-0.3, -0.25) is 0 Å². The van der Waals surface area contributed by atoms with Gasteiger partial charge in [-0.2, -0.15) is 0 Å². The molecule has 0 saturated heterocycles. The SMILES string of the molecule is CC1=C/C=C\c2c(ccc(C)c2C)C(C)=C1. The highest BCUT2D eigenvalue weighted by molar-refractivity contribution is 5.78. The molecule has 0 aromatic heterocycles. The second kappa shape index (κ2) is 4.13. The summed E-state index contributed by atoms with van der Waals surface area (Å²) in [6.07, 6.45) is 8.77. The summed E-state index contributed by atoms with van der Waals surface area (Å²) in [5.41, 5.74) is 8.10. The van der Waals surface area contributed by atoms with E-state index in [-0.39, 0.29) is 0 Å². The predicted molar refractivity (Wildman–Crippen MR) is 72.4 cm³/mol. The minimum absolute atomic E-state index is 1.30.